The van der Waals surface area contributed by atoms with Crippen LogP contribution in [-0.2, 0) is 11.3 Å². The fraction of sp³-hybridized carbons (Fsp3) is 0.286. The Hall–Kier alpha value is -3.07. The number of hydrogen-bond donors (Lipinski definition) is 2. The summed E-state index contributed by atoms with van der Waals surface area (Å²) in [5, 5.41) is 18.3. The summed E-state index contributed by atoms with van der Waals surface area (Å²) in [7, 11) is 0. The zero-order chi connectivity index (χ0) is 27.2. The fourth-order valence-electron chi connectivity index (χ4n) is 4.17. The van der Waals surface area contributed by atoms with E-state index in [0.717, 1.165) is 16.5 Å². The molecule has 0 saturated carbocycles. The van der Waals surface area contributed by atoms with Crippen molar-refractivity contribution in [3.63, 3.8) is 0 Å². The number of carbonyl (C=O) groups excluding carboxylic acids is 2. The van der Waals surface area contributed by atoms with Gasteiger partial charge >= 0.3 is 0 Å². The first-order valence-corrected chi connectivity index (χ1v) is 14.1. The van der Waals surface area contributed by atoms with E-state index in [2.05, 4.69) is 34.7 Å². The van der Waals surface area contributed by atoms with Gasteiger partial charge in [-0.3, -0.25) is 9.59 Å². The van der Waals surface area contributed by atoms with Crippen molar-refractivity contribution < 1.29 is 9.59 Å². The van der Waals surface area contributed by atoms with Gasteiger partial charge < -0.3 is 15.2 Å². The third-order valence-corrected chi connectivity index (χ3v) is 7.44. The van der Waals surface area contributed by atoms with Crippen LogP contribution in [0.4, 0.5) is 5.69 Å². The van der Waals surface area contributed by atoms with Crippen molar-refractivity contribution in [3.05, 3.63) is 82.1 Å². The minimum atomic E-state index is -0.387. The molecule has 0 bridgehead atoms. The van der Waals surface area contributed by atoms with Crippen LogP contribution < -0.4 is 10.6 Å². The molecule has 4 aromatic rings. The Morgan fingerprint density at radius 3 is 2.47 bits per heavy atom. The topological polar surface area (TPSA) is 88.9 Å². The minimum Gasteiger partial charge on any atom is -0.342 e. The van der Waals surface area contributed by atoms with Crippen LogP contribution in [0.15, 0.2) is 65.8 Å². The Balaban J connectivity index is 1.46. The summed E-state index contributed by atoms with van der Waals surface area (Å²) < 4.78 is 1.94. The van der Waals surface area contributed by atoms with Crippen molar-refractivity contribution in [1.82, 2.24) is 20.1 Å². The largest absolute Gasteiger partial charge is 0.342 e. The Morgan fingerprint density at radius 2 is 1.76 bits per heavy atom. The highest BCUT2D eigenvalue weighted by Gasteiger charge is 2.25. The molecule has 1 atom stereocenters. The predicted molar refractivity (Wildman–Crippen MR) is 155 cm³/mol. The number of fused-ring (bicyclic) bond motifs is 1. The van der Waals surface area contributed by atoms with Crippen LogP contribution in [0.25, 0.3) is 10.8 Å². The van der Waals surface area contributed by atoms with Gasteiger partial charge in [0, 0.05) is 17.3 Å². The molecular weight excluding hydrogens is 541 g/mol. The van der Waals surface area contributed by atoms with Gasteiger partial charge in [-0.15, -0.1) is 10.2 Å². The average Bonchev–Trinajstić information content (AvgIpc) is 3.29. The highest BCUT2D eigenvalue weighted by atomic mass is 35.5. The number of aromatic nitrogens is 3. The number of halogens is 2. The van der Waals surface area contributed by atoms with Crippen molar-refractivity contribution in [2.45, 2.75) is 44.9 Å². The van der Waals surface area contributed by atoms with Gasteiger partial charge in [0.1, 0.15) is 0 Å². The Morgan fingerprint density at radius 1 is 1.00 bits per heavy atom. The maximum absolute atomic E-state index is 13.1. The zero-order valence-electron chi connectivity index (χ0n) is 21.4. The van der Waals surface area contributed by atoms with Gasteiger partial charge in [-0.2, -0.15) is 0 Å². The van der Waals surface area contributed by atoms with E-state index in [9.17, 15) is 9.59 Å². The second-order valence-corrected chi connectivity index (χ2v) is 11.0. The predicted octanol–water partition coefficient (Wildman–Crippen LogP) is 7.01. The summed E-state index contributed by atoms with van der Waals surface area (Å²) in [4.78, 5) is 25.8. The lowest BCUT2D eigenvalue weighted by Gasteiger charge is -2.21. The third-order valence-electron chi connectivity index (χ3n) is 5.93. The van der Waals surface area contributed by atoms with E-state index in [1.165, 1.54) is 11.8 Å². The van der Waals surface area contributed by atoms with E-state index in [1.54, 1.807) is 18.2 Å². The molecule has 7 nitrogen and oxygen atoms in total. The lowest BCUT2D eigenvalue weighted by molar-refractivity contribution is -0.113. The number of thioether (sulfide) groups is 1. The van der Waals surface area contributed by atoms with Gasteiger partial charge in [-0.25, -0.2) is 0 Å². The molecule has 10 heteroatoms. The number of carbonyl (C=O) groups is 2. The molecule has 4 rings (SSSR count). The molecule has 0 unspecified atom stereocenters. The average molecular weight is 571 g/mol. The van der Waals surface area contributed by atoms with Crippen molar-refractivity contribution in [3.8, 4) is 0 Å². The molecule has 3 aromatic carbocycles. The molecular formula is C28H29Cl2N5O2S. The summed E-state index contributed by atoms with van der Waals surface area (Å²) in [6.45, 7) is 6.72. The van der Waals surface area contributed by atoms with Crippen LogP contribution in [-0.4, -0.2) is 32.3 Å². The molecule has 0 aliphatic carbocycles. The molecule has 2 N–H and O–H groups in total. The molecule has 1 aromatic heterocycles. The molecule has 0 radical (unpaired) electrons. The van der Waals surface area contributed by atoms with Crippen LogP contribution in [0.5, 0.6) is 0 Å². The number of anilines is 1. The number of nitrogens with one attached hydrogen (secondary N) is 2. The normalized spacial score (nSPS) is 12.1. The zero-order valence-corrected chi connectivity index (χ0v) is 23.7. The van der Waals surface area contributed by atoms with E-state index in [-0.39, 0.29) is 34.5 Å². The Labute approximate surface area is 236 Å². The molecule has 2 amide bonds. The fourth-order valence-corrected chi connectivity index (χ4v) is 5.47. The summed E-state index contributed by atoms with van der Waals surface area (Å²) in [6.07, 6.45) is 0.655. The van der Waals surface area contributed by atoms with Gasteiger partial charge in [0.2, 0.25) is 5.91 Å². The van der Waals surface area contributed by atoms with Gasteiger partial charge in [0.15, 0.2) is 11.0 Å². The molecule has 198 valence electrons. The van der Waals surface area contributed by atoms with Crippen LogP contribution in [0.3, 0.4) is 0 Å². The lowest BCUT2D eigenvalue weighted by Crippen LogP contribution is -2.31. The third kappa shape index (κ3) is 6.87. The van der Waals surface area contributed by atoms with E-state index >= 15 is 0 Å². The minimum absolute atomic E-state index is 0.137. The van der Waals surface area contributed by atoms with Crippen molar-refractivity contribution in [2.24, 2.45) is 5.92 Å². The molecule has 0 fully saturated rings. The van der Waals surface area contributed by atoms with Crippen LogP contribution in [0.1, 0.15) is 49.4 Å². The van der Waals surface area contributed by atoms with Gasteiger partial charge in [-0.1, -0.05) is 79.1 Å². The van der Waals surface area contributed by atoms with Crippen molar-refractivity contribution >= 4 is 63.2 Å². The van der Waals surface area contributed by atoms with E-state index < -0.39 is 0 Å². The summed E-state index contributed by atoms with van der Waals surface area (Å²) >= 11 is 13.6. The smallest absolute Gasteiger partial charge is 0.253 e. The second kappa shape index (κ2) is 12.7. The Kier molecular flexibility index (Phi) is 9.31. The summed E-state index contributed by atoms with van der Waals surface area (Å²) in [6, 6.07) is 18.2. The number of rotatable bonds is 10. The molecule has 1 heterocycles. The quantitative estimate of drug-likeness (QED) is 0.200. The molecule has 0 saturated heterocycles. The molecule has 0 aliphatic heterocycles. The van der Waals surface area contributed by atoms with E-state index in [0.29, 0.717) is 34.5 Å². The maximum Gasteiger partial charge on any atom is 0.253 e. The molecule has 38 heavy (non-hydrogen) atoms. The first-order valence-electron chi connectivity index (χ1n) is 12.4. The Bertz CT molecular complexity index is 1460. The van der Waals surface area contributed by atoms with Gasteiger partial charge in [0.05, 0.1) is 22.4 Å². The lowest BCUT2D eigenvalue weighted by atomic mass is 10.0. The first-order chi connectivity index (χ1) is 18.2. The molecule has 0 spiro atoms. The van der Waals surface area contributed by atoms with Crippen LogP contribution in [0.2, 0.25) is 10.0 Å². The van der Waals surface area contributed by atoms with Crippen LogP contribution >= 0.6 is 35.0 Å². The number of hydrogen-bond acceptors (Lipinski definition) is 5. The standard InChI is InChI=1S/C28H29Cl2N5O2S/c1-4-35-26(24(13-17(2)3)32-27(37)22-12-10-20(29)15-23(22)30)33-34-28(35)38-16-25(36)31-21-11-9-18-7-5-6-8-19(18)14-21/h5-12,14-15,17,24H,4,13,16H2,1-3H3,(H,31,36)(H,32,37)/t24-/m1/s1. The van der Waals surface area contributed by atoms with Gasteiger partial charge in [-0.05, 0) is 60.4 Å². The summed E-state index contributed by atoms with van der Waals surface area (Å²) in [5.41, 5.74) is 1.08. The van der Waals surface area contributed by atoms with E-state index in [1.807, 2.05) is 54.0 Å². The van der Waals surface area contributed by atoms with Crippen molar-refractivity contribution in [2.75, 3.05) is 11.1 Å². The van der Waals surface area contributed by atoms with Crippen LogP contribution in [0, 0.1) is 5.92 Å². The number of nitrogens with zero attached hydrogens (tertiary/aromatic N) is 3. The summed E-state index contributed by atoms with van der Waals surface area (Å²) in [5.74, 6) is 0.643. The first kappa shape index (κ1) is 28.0. The monoisotopic (exact) mass is 569 g/mol. The number of amides is 2. The van der Waals surface area contributed by atoms with Crippen molar-refractivity contribution in [1.29, 1.82) is 0 Å². The second-order valence-electron chi connectivity index (χ2n) is 9.26. The van der Waals surface area contributed by atoms with Gasteiger partial charge in [0.25, 0.3) is 5.91 Å². The SMILES string of the molecule is CCn1c(SCC(=O)Nc2ccc3ccccc3c2)nnc1[C@@H](CC(C)C)NC(=O)c1ccc(Cl)cc1Cl. The molecule has 0 aliphatic rings. The number of benzene rings is 3. The highest BCUT2D eigenvalue weighted by Crippen LogP contribution is 2.27. The van der Waals surface area contributed by atoms with E-state index in [4.69, 9.17) is 23.2 Å². The maximum atomic E-state index is 13.1. The highest BCUT2D eigenvalue weighted by molar-refractivity contribution is 7.99.